The van der Waals surface area contributed by atoms with Crippen LogP contribution in [0, 0.1) is 0 Å². The average Bonchev–Trinajstić information content (AvgIpc) is 2.46. The molecule has 1 aromatic heterocycles. The molecule has 0 atom stereocenters. The second kappa shape index (κ2) is 6.67. The molecule has 2 rings (SSSR count). The first-order valence-electron chi connectivity index (χ1n) is 6.99. The topological polar surface area (TPSA) is 92.4 Å². The quantitative estimate of drug-likeness (QED) is 0.579. The maximum atomic E-state index is 5.54. The summed E-state index contributed by atoms with van der Waals surface area (Å²) in [5.41, 5.74) is 2.46. The molecule has 0 saturated carbocycles. The molecule has 2 heterocycles. The molecule has 0 radical (unpaired) electrons. The van der Waals surface area contributed by atoms with Gasteiger partial charge in [0.1, 0.15) is 0 Å². The summed E-state index contributed by atoms with van der Waals surface area (Å²) in [6.07, 6.45) is 0.00723. The Hall–Kier alpha value is -1.67. The minimum absolute atomic E-state index is 0.00723. The zero-order valence-electron chi connectivity index (χ0n) is 12.3. The van der Waals surface area contributed by atoms with Gasteiger partial charge in [-0.25, -0.2) is 5.84 Å². The Labute approximate surface area is 119 Å². The standard InChI is InChI=1S/C12H23N7O/c1-4-18-5-7-19(8-6-18)11-14-10(17-13)15-12(16-11)20-9(2)3/h9H,4-8,13H2,1-3H3,(H,14,15,16,17). The van der Waals surface area contributed by atoms with E-state index in [9.17, 15) is 0 Å². The van der Waals surface area contributed by atoms with Gasteiger partial charge >= 0.3 is 6.01 Å². The zero-order valence-corrected chi connectivity index (χ0v) is 12.3. The number of nitrogens with two attached hydrogens (primary N) is 1. The van der Waals surface area contributed by atoms with E-state index in [1.165, 1.54) is 0 Å². The molecule has 0 spiro atoms. The molecule has 1 fully saturated rings. The van der Waals surface area contributed by atoms with E-state index in [2.05, 4.69) is 37.1 Å². The van der Waals surface area contributed by atoms with E-state index in [0.29, 0.717) is 17.9 Å². The molecule has 0 aromatic carbocycles. The van der Waals surface area contributed by atoms with E-state index >= 15 is 0 Å². The van der Waals surface area contributed by atoms with E-state index in [4.69, 9.17) is 10.6 Å². The Kier molecular flexibility index (Phi) is 4.91. The van der Waals surface area contributed by atoms with E-state index in [1.54, 1.807) is 0 Å². The number of rotatable bonds is 5. The summed E-state index contributed by atoms with van der Waals surface area (Å²) in [5.74, 6) is 6.34. The summed E-state index contributed by atoms with van der Waals surface area (Å²) in [6.45, 7) is 10.9. The summed E-state index contributed by atoms with van der Waals surface area (Å²) >= 11 is 0. The molecular formula is C12H23N7O. The first-order valence-corrected chi connectivity index (χ1v) is 6.99. The van der Waals surface area contributed by atoms with Crippen LogP contribution in [-0.2, 0) is 0 Å². The molecule has 1 aliphatic rings. The number of nitrogens with zero attached hydrogens (tertiary/aromatic N) is 5. The lowest BCUT2D eigenvalue weighted by Gasteiger charge is -2.34. The number of hydrogen-bond acceptors (Lipinski definition) is 8. The molecule has 0 aliphatic carbocycles. The third-order valence-corrected chi connectivity index (χ3v) is 3.18. The lowest BCUT2D eigenvalue weighted by atomic mass is 10.3. The summed E-state index contributed by atoms with van der Waals surface area (Å²) in [4.78, 5) is 17.3. The van der Waals surface area contributed by atoms with Crippen LogP contribution in [0.2, 0.25) is 0 Å². The molecule has 1 saturated heterocycles. The van der Waals surface area contributed by atoms with E-state index in [0.717, 1.165) is 32.7 Å². The third kappa shape index (κ3) is 3.67. The summed E-state index contributed by atoms with van der Waals surface area (Å²) in [7, 11) is 0. The highest BCUT2D eigenvalue weighted by Crippen LogP contribution is 2.17. The van der Waals surface area contributed by atoms with Crippen LogP contribution in [-0.4, -0.2) is 58.7 Å². The number of piperazine rings is 1. The maximum absolute atomic E-state index is 5.54. The lowest BCUT2D eigenvalue weighted by Crippen LogP contribution is -2.46. The van der Waals surface area contributed by atoms with Gasteiger partial charge in [-0.3, -0.25) is 5.43 Å². The lowest BCUT2D eigenvalue weighted by molar-refractivity contribution is 0.221. The smallest absolute Gasteiger partial charge is 0.323 e. The van der Waals surface area contributed by atoms with Crippen molar-refractivity contribution in [1.29, 1.82) is 0 Å². The van der Waals surface area contributed by atoms with Gasteiger partial charge < -0.3 is 14.5 Å². The molecular weight excluding hydrogens is 258 g/mol. The van der Waals surface area contributed by atoms with Crippen molar-refractivity contribution in [1.82, 2.24) is 19.9 Å². The molecule has 0 bridgehead atoms. The van der Waals surface area contributed by atoms with Gasteiger partial charge in [-0.15, -0.1) is 0 Å². The highest BCUT2D eigenvalue weighted by Gasteiger charge is 2.20. The van der Waals surface area contributed by atoms with Crippen LogP contribution < -0.4 is 20.9 Å². The zero-order chi connectivity index (χ0) is 14.5. The second-order valence-electron chi connectivity index (χ2n) is 4.97. The van der Waals surface area contributed by atoms with Crippen LogP contribution in [0.5, 0.6) is 6.01 Å². The average molecular weight is 281 g/mol. The number of nitrogen functional groups attached to an aromatic ring is 1. The molecule has 0 unspecified atom stereocenters. The Morgan fingerprint density at radius 2 is 1.90 bits per heavy atom. The predicted molar refractivity (Wildman–Crippen MR) is 77.7 cm³/mol. The summed E-state index contributed by atoms with van der Waals surface area (Å²) in [5, 5.41) is 0. The van der Waals surface area contributed by atoms with Gasteiger partial charge in [0, 0.05) is 26.2 Å². The molecule has 1 aliphatic heterocycles. The van der Waals surface area contributed by atoms with Gasteiger partial charge in [0.15, 0.2) is 0 Å². The Balaban J connectivity index is 2.14. The Morgan fingerprint density at radius 1 is 1.20 bits per heavy atom. The predicted octanol–water partition coefficient (Wildman–Crippen LogP) is 0.0863. The van der Waals surface area contributed by atoms with Crippen molar-refractivity contribution >= 4 is 11.9 Å². The third-order valence-electron chi connectivity index (χ3n) is 3.18. The molecule has 20 heavy (non-hydrogen) atoms. The van der Waals surface area contributed by atoms with Gasteiger partial charge in [0.05, 0.1) is 6.10 Å². The normalized spacial score (nSPS) is 16.6. The van der Waals surface area contributed by atoms with Gasteiger partial charge in [0.2, 0.25) is 11.9 Å². The van der Waals surface area contributed by atoms with Crippen LogP contribution in [0.1, 0.15) is 20.8 Å². The number of likely N-dealkylation sites (N-methyl/N-ethyl adjacent to an activating group) is 1. The van der Waals surface area contributed by atoms with Crippen molar-refractivity contribution in [2.75, 3.05) is 43.0 Å². The van der Waals surface area contributed by atoms with Crippen LogP contribution >= 0.6 is 0 Å². The van der Waals surface area contributed by atoms with Crippen molar-refractivity contribution < 1.29 is 4.74 Å². The van der Waals surface area contributed by atoms with E-state index in [-0.39, 0.29) is 6.10 Å². The first-order chi connectivity index (χ1) is 9.62. The number of anilines is 2. The maximum Gasteiger partial charge on any atom is 0.323 e. The van der Waals surface area contributed by atoms with Crippen molar-refractivity contribution in [3.63, 3.8) is 0 Å². The van der Waals surface area contributed by atoms with Crippen molar-refractivity contribution in [3.8, 4) is 6.01 Å². The molecule has 1 aromatic rings. The fourth-order valence-corrected chi connectivity index (χ4v) is 2.08. The molecule has 8 nitrogen and oxygen atoms in total. The summed E-state index contributed by atoms with van der Waals surface area (Å²) in [6, 6.07) is 0.302. The number of nitrogens with one attached hydrogen (secondary N) is 1. The van der Waals surface area contributed by atoms with Gasteiger partial charge in [0.25, 0.3) is 0 Å². The van der Waals surface area contributed by atoms with Gasteiger partial charge in [-0.05, 0) is 20.4 Å². The number of aromatic nitrogens is 3. The second-order valence-corrected chi connectivity index (χ2v) is 4.97. The fraction of sp³-hybridized carbons (Fsp3) is 0.750. The number of ether oxygens (including phenoxy) is 1. The van der Waals surface area contributed by atoms with Gasteiger partial charge in [-0.2, -0.15) is 15.0 Å². The van der Waals surface area contributed by atoms with Crippen molar-refractivity contribution in [2.45, 2.75) is 26.9 Å². The molecule has 112 valence electrons. The van der Waals surface area contributed by atoms with Crippen LogP contribution in [0.25, 0.3) is 0 Å². The Bertz CT molecular complexity index is 432. The molecule has 3 N–H and O–H groups in total. The molecule has 0 amide bonds. The number of hydrogen-bond donors (Lipinski definition) is 2. The van der Waals surface area contributed by atoms with Crippen LogP contribution in [0.15, 0.2) is 0 Å². The highest BCUT2D eigenvalue weighted by atomic mass is 16.5. The number of hydrazine groups is 1. The largest absolute Gasteiger partial charge is 0.461 e. The minimum atomic E-state index is 0.00723. The van der Waals surface area contributed by atoms with Crippen LogP contribution in [0.3, 0.4) is 0 Å². The van der Waals surface area contributed by atoms with E-state index in [1.807, 2.05) is 13.8 Å². The SMILES string of the molecule is CCN1CCN(c2nc(NN)nc(OC(C)C)n2)CC1. The van der Waals surface area contributed by atoms with Gasteiger partial charge in [-0.1, -0.05) is 6.92 Å². The Morgan fingerprint density at radius 3 is 2.45 bits per heavy atom. The van der Waals surface area contributed by atoms with Crippen LogP contribution in [0.4, 0.5) is 11.9 Å². The molecule has 8 heteroatoms. The summed E-state index contributed by atoms with van der Waals surface area (Å²) < 4.78 is 5.54. The van der Waals surface area contributed by atoms with E-state index < -0.39 is 0 Å². The fourth-order valence-electron chi connectivity index (χ4n) is 2.08. The van der Waals surface area contributed by atoms with Crippen molar-refractivity contribution in [3.05, 3.63) is 0 Å². The minimum Gasteiger partial charge on any atom is -0.461 e. The first kappa shape index (κ1) is 14.7. The monoisotopic (exact) mass is 281 g/mol. The van der Waals surface area contributed by atoms with Crippen molar-refractivity contribution in [2.24, 2.45) is 5.84 Å². The highest BCUT2D eigenvalue weighted by molar-refractivity contribution is 5.38.